The van der Waals surface area contributed by atoms with E-state index in [4.69, 9.17) is 5.73 Å². The fourth-order valence-electron chi connectivity index (χ4n) is 3.38. The van der Waals surface area contributed by atoms with Gasteiger partial charge in [0.15, 0.2) is 0 Å². The number of hydrogen-bond donors (Lipinski definition) is 2. The Morgan fingerprint density at radius 2 is 1.50 bits per heavy atom. The number of nitrogens with two attached hydrogens (primary N) is 1. The van der Waals surface area contributed by atoms with Crippen molar-refractivity contribution in [2.24, 2.45) is 11.7 Å². The summed E-state index contributed by atoms with van der Waals surface area (Å²) in [6, 6.07) is -1.87. The van der Waals surface area contributed by atoms with E-state index in [0.717, 1.165) is 0 Å². The second-order valence-electron chi connectivity index (χ2n) is 6.32. The van der Waals surface area contributed by atoms with Gasteiger partial charge in [0.1, 0.15) is 0 Å². The zero-order valence-electron chi connectivity index (χ0n) is 12.3. The first-order valence-electron chi connectivity index (χ1n) is 7.71. The second kappa shape index (κ2) is 6.99. The molecule has 0 aromatic rings. The number of amides is 1. The number of rotatable bonds is 4. The molecule has 2 rings (SSSR count). The van der Waals surface area contributed by atoms with Gasteiger partial charge in [-0.2, -0.15) is 0 Å². The van der Waals surface area contributed by atoms with E-state index < -0.39 is 12.1 Å². The zero-order chi connectivity index (χ0) is 16.3. The molecule has 2 aliphatic carbocycles. The number of carbonyl (C=O) groups is 1. The van der Waals surface area contributed by atoms with Gasteiger partial charge in [0, 0.05) is 47.5 Å². The van der Waals surface area contributed by atoms with E-state index in [0.29, 0.717) is 38.5 Å². The third kappa shape index (κ3) is 3.90. The fraction of sp³-hybridized carbons (Fsp3) is 0.923. The first-order chi connectivity index (χ1) is 10.4. The minimum absolute atomic E-state index is 0.175. The maximum atomic E-state index is 12.3. The van der Waals surface area contributed by atoms with Gasteiger partial charge in [-0.25, -0.2) is 0 Å². The molecule has 1 amide bonds. The van der Waals surface area contributed by atoms with Crippen molar-refractivity contribution < 1.29 is 14.6 Å². The van der Waals surface area contributed by atoms with Crippen LogP contribution < -0.4 is 11.1 Å². The molecule has 124 valence electrons. The molecule has 0 spiro atoms. The van der Waals surface area contributed by atoms with Crippen LogP contribution in [0.1, 0.15) is 44.9 Å². The van der Waals surface area contributed by atoms with E-state index >= 15 is 0 Å². The minimum Gasteiger partial charge on any atom is -0.351 e. The Morgan fingerprint density at radius 1 is 0.955 bits per heavy atom. The highest BCUT2D eigenvalue weighted by molar-refractivity contribution is 5.79. The van der Waals surface area contributed by atoms with Crippen molar-refractivity contribution in [2.75, 3.05) is 0 Å². The third-order valence-corrected chi connectivity index (χ3v) is 4.87. The lowest BCUT2D eigenvalue weighted by atomic mass is 9.84. The van der Waals surface area contributed by atoms with Crippen molar-refractivity contribution in [1.82, 2.24) is 5.32 Å². The molecule has 0 radical (unpaired) electrons. The van der Waals surface area contributed by atoms with Crippen LogP contribution in [-0.4, -0.2) is 39.9 Å². The first-order valence-corrected chi connectivity index (χ1v) is 7.71. The van der Waals surface area contributed by atoms with Crippen molar-refractivity contribution >= 4 is 5.91 Å². The smallest absolute Gasteiger partial charge is 0.223 e. The molecule has 0 heterocycles. The molecule has 2 aliphatic rings. The molecule has 9 nitrogen and oxygen atoms in total. The number of hydrogen-bond acceptors (Lipinski definition) is 6. The average molecular weight is 314 g/mol. The molecule has 2 saturated carbocycles. The van der Waals surface area contributed by atoms with Gasteiger partial charge < -0.3 is 11.1 Å². The SMILES string of the molecule is NC1CCC([N+](=O)[O-])CC1NC(=O)C1CCC([N+](=O)[O-])CC1. The predicted octanol–water partition coefficient (Wildman–Crippen LogP) is 0.463. The molecule has 0 aromatic carbocycles. The van der Waals surface area contributed by atoms with Crippen molar-refractivity contribution in [2.45, 2.75) is 69.1 Å². The number of nitro groups is 2. The normalized spacial score (nSPS) is 35.6. The van der Waals surface area contributed by atoms with Crippen LogP contribution in [0, 0.1) is 26.1 Å². The van der Waals surface area contributed by atoms with Crippen LogP contribution >= 0.6 is 0 Å². The topological polar surface area (TPSA) is 141 Å². The lowest BCUT2D eigenvalue weighted by Gasteiger charge is -2.32. The highest BCUT2D eigenvalue weighted by atomic mass is 16.6. The maximum Gasteiger partial charge on any atom is 0.223 e. The van der Waals surface area contributed by atoms with Crippen LogP contribution in [0.25, 0.3) is 0 Å². The lowest BCUT2D eigenvalue weighted by Crippen LogP contribution is -2.54. The largest absolute Gasteiger partial charge is 0.351 e. The van der Waals surface area contributed by atoms with Gasteiger partial charge in [-0.05, 0) is 19.3 Å². The highest BCUT2D eigenvalue weighted by Gasteiger charge is 2.37. The van der Waals surface area contributed by atoms with Crippen molar-refractivity contribution in [3.63, 3.8) is 0 Å². The Kier molecular flexibility index (Phi) is 5.28. The molecule has 0 bridgehead atoms. The van der Waals surface area contributed by atoms with Gasteiger partial charge >= 0.3 is 0 Å². The van der Waals surface area contributed by atoms with Gasteiger partial charge in [0.05, 0.1) is 6.04 Å². The van der Waals surface area contributed by atoms with Crippen LogP contribution in [-0.2, 0) is 4.79 Å². The Morgan fingerprint density at radius 3 is 2.05 bits per heavy atom. The Balaban J connectivity index is 1.86. The van der Waals surface area contributed by atoms with E-state index in [1.165, 1.54) is 0 Å². The van der Waals surface area contributed by atoms with E-state index in [-0.39, 0.29) is 40.2 Å². The maximum absolute atomic E-state index is 12.3. The Bertz CT molecular complexity index is 450. The van der Waals surface area contributed by atoms with Crippen LogP contribution in [0.2, 0.25) is 0 Å². The van der Waals surface area contributed by atoms with Gasteiger partial charge in [-0.1, -0.05) is 0 Å². The van der Waals surface area contributed by atoms with E-state index in [9.17, 15) is 25.0 Å². The summed E-state index contributed by atoms with van der Waals surface area (Å²) in [7, 11) is 0. The van der Waals surface area contributed by atoms with Gasteiger partial charge in [0.25, 0.3) is 0 Å². The quantitative estimate of drug-likeness (QED) is 0.570. The number of carbonyl (C=O) groups excluding carboxylic acids is 1. The van der Waals surface area contributed by atoms with Gasteiger partial charge in [-0.3, -0.25) is 25.0 Å². The summed E-state index contributed by atoms with van der Waals surface area (Å²) < 4.78 is 0. The summed E-state index contributed by atoms with van der Waals surface area (Å²) in [5.41, 5.74) is 5.95. The second-order valence-corrected chi connectivity index (χ2v) is 6.32. The molecule has 0 aromatic heterocycles. The van der Waals surface area contributed by atoms with Crippen LogP contribution in [0.5, 0.6) is 0 Å². The third-order valence-electron chi connectivity index (χ3n) is 4.87. The molecule has 3 unspecified atom stereocenters. The summed E-state index contributed by atoms with van der Waals surface area (Å²) in [5, 5.41) is 24.4. The summed E-state index contributed by atoms with van der Waals surface area (Å²) in [5.74, 6) is -0.425. The van der Waals surface area contributed by atoms with Crippen molar-refractivity contribution in [1.29, 1.82) is 0 Å². The molecule has 0 saturated heterocycles. The van der Waals surface area contributed by atoms with Crippen LogP contribution in [0.15, 0.2) is 0 Å². The fourth-order valence-corrected chi connectivity index (χ4v) is 3.38. The molecule has 0 aliphatic heterocycles. The van der Waals surface area contributed by atoms with E-state index in [2.05, 4.69) is 5.32 Å². The molecule has 3 N–H and O–H groups in total. The summed E-state index contributed by atoms with van der Waals surface area (Å²) in [6.45, 7) is 0. The Labute approximate surface area is 127 Å². The highest BCUT2D eigenvalue weighted by Crippen LogP contribution is 2.27. The van der Waals surface area contributed by atoms with Crippen molar-refractivity contribution in [3.05, 3.63) is 20.2 Å². The van der Waals surface area contributed by atoms with E-state index in [1.54, 1.807) is 0 Å². The molecule has 9 heteroatoms. The molecule has 3 atom stereocenters. The zero-order valence-corrected chi connectivity index (χ0v) is 12.3. The Hall–Kier alpha value is -1.77. The standard InChI is InChI=1S/C13H22N4O5/c14-11-6-5-10(17(21)22)7-12(11)15-13(18)8-1-3-9(4-2-8)16(19)20/h8-12H,1-7,14H2,(H,15,18). The van der Waals surface area contributed by atoms with Gasteiger partial charge in [-0.15, -0.1) is 0 Å². The van der Waals surface area contributed by atoms with Crippen LogP contribution in [0.3, 0.4) is 0 Å². The summed E-state index contributed by atoms with van der Waals surface area (Å²) in [6.07, 6.45) is 2.98. The first kappa shape index (κ1) is 16.6. The average Bonchev–Trinajstić information content (AvgIpc) is 2.49. The summed E-state index contributed by atoms with van der Waals surface area (Å²) >= 11 is 0. The molecular formula is C13H22N4O5. The minimum atomic E-state index is -0.657. The molecular weight excluding hydrogens is 292 g/mol. The van der Waals surface area contributed by atoms with Crippen molar-refractivity contribution in [3.8, 4) is 0 Å². The van der Waals surface area contributed by atoms with E-state index in [1.807, 2.05) is 0 Å². The molecule has 2 fully saturated rings. The summed E-state index contributed by atoms with van der Waals surface area (Å²) in [4.78, 5) is 33.3. The van der Waals surface area contributed by atoms with Gasteiger partial charge in [0.2, 0.25) is 18.0 Å². The monoisotopic (exact) mass is 314 g/mol. The molecule has 22 heavy (non-hydrogen) atoms. The number of nitrogens with zero attached hydrogens (tertiary/aromatic N) is 2. The van der Waals surface area contributed by atoms with Crippen LogP contribution in [0.4, 0.5) is 0 Å². The predicted molar refractivity (Wildman–Crippen MR) is 77.3 cm³/mol. The number of nitrogens with one attached hydrogen (secondary N) is 1. The lowest BCUT2D eigenvalue weighted by molar-refractivity contribution is -0.527.